The van der Waals surface area contributed by atoms with Crippen LogP contribution in [-0.2, 0) is 5.60 Å². The van der Waals surface area contributed by atoms with E-state index in [-0.39, 0.29) is 6.54 Å². The second-order valence-electron chi connectivity index (χ2n) is 6.34. The zero-order chi connectivity index (χ0) is 14.8. The minimum Gasteiger partial charge on any atom is -0.466 e. The summed E-state index contributed by atoms with van der Waals surface area (Å²) < 4.78 is 5.26. The molecule has 1 fully saturated rings. The van der Waals surface area contributed by atoms with Gasteiger partial charge in [0.1, 0.15) is 11.4 Å². The fourth-order valence-electron chi connectivity index (χ4n) is 2.09. The van der Waals surface area contributed by atoms with Gasteiger partial charge in [-0.3, -0.25) is 0 Å². The molecule has 1 heterocycles. The second kappa shape index (κ2) is 5.48. The Bertz CT molecular complexity index is 463. The topological polar surface area (TPSA) is 69.8 Å². The third kappa shape index (κ3) is 3.54. The zero-order valence-corrected chi connectivity index (χ0v) is 12.7. The summed E-state index contributed by atoms with van der Waals surface area (Å²) in [5.41, 5.74) is -0.759. The highest BCUT2D eigenvalue weighted by molar-refractivity contribution is 5.80. The molecule has 0 spiro atoms. The van der Waals surface area contributed by atoms with Crippen LogP contribution in [0.1, 0.15) is 39.9 Å². The molecule has 0 aliphatic heterocycles. The molecule has 1 aliphatic rings. The number of hydrogen-bond acceptors (Lipinski definition) is 3. The largest absolute Gasteiger partial charge is 0.466 e. The summed E-state index contributed by atoms with van der Waals surface area (Å²) in [5, 5.41) is 17.0. The van der Waals surface area contributed by atoms with Crippen molar-refractivity contribution in [3.05, 3.63) is 24.2 Å². The Labute approximate surface area is 120 Å². The summed E-state index contributed by atoms with van der Waals surface area (Å²) in [6.07, 6.45) is 2.70. The Morgan fingerprint density at radius 3 is 2.80 bits per heavy atom. The standard InChI is InChI=1S/C15H25N3O2/c1-5-16-13(18-11-9-14(11,2)3)17-10-15(4,19)12-7-6-8-20-12/h6-8,11,19H,5,9-10H2,1-4H3,(H2,16,17,18). The molecule has 5 heteroatoms. The van der Waals surface area contributed by atoms with Gasteiger partial charge in [-0.25, -0.2) is 4.99 Å². The smallest absolute Gasteiger partial charge is 0.191 e. The minimum absolute atomic E-state index is 0.253. The predicted molar refractivity (Wildman–Crippen MR) is 79.6 cm³/mol. The summed E-state index contributed by atoms with van der Waals surface area (Å²) in [6.45, 7) is 9.24. The Morgan fingerprint density at radius 2 is 2.30 bits per heavy atom. The van der Waals surface area contributed by atoms with Gasteiger partial charge in [0.15, 0.2) is 5.96 Å². The number of furan rings is 1. The van der Waals surface area contributed by atoms with Gasteiger partial charge in [0, 0.05) is 12.6 Å². The molecule has 0 aromatic carbocycles. The molecule has 1 aliphatic carbocycles. The molecular formula is C15H25N3O2. The van der Waals surface area contributed by atoms with E-state index in [1.54, 1.807) is 25.3 Å². The van der Waals surface area contributed by atoms with Crippen LogP contribution in [-0.4, -0.2) is 30.2 Å². The van der Waals surface area contributed by atoms with Gasteiger partial charge in [-0.2, -0.15) is 0 Å². The van der Waals surface area contributed by atoms with Gasteiger partial charge in [-0.05, 0) is 37.8 Å². The number of hydrogen-bond donors (Lipinski definition) is 3. The Hall–Kier alpha value is -1.49. The minimum atomic E-state index is -1.09. The number of aliphatic hydroxyl groups is 1. The monoisotopic (exact) mass is 279 g/mol. The van der Waals surface area contributed by atoms with Crippen LogP contribution in [0.15, 0.2) is 27.8 Å². The van der Waals surface area contributed by atoms with Crippen molar-refractivity contribution in [1.29, 1.82) is 0 Å². The van der Waals surface area contributed by atoms with E-state index in [0.717, 1.165) is 18.9 Å². The lowest BCUT2D eigenvalue weighted by molar-refractivity contribution is 0.0437. The Balaban J connectivity index is 1.98. The summed E-state index contributed by atoms with van der Waals surface area (Å²) in [7, 11) is 0. The summed E-state index contributed by atoms with van der Waals surface area (Å²) in [4.78, 5) is 4.47. The van der Waals surface area contributed by atoms with Gasteiger partial charge in [0.2, 0.25) is 0 Å². The maximum absolute atomic E-state index is 10.4. The average molecular weight is 279 g/mol. The third-order valence-corrected chi connectivity index (χ3v) is 3.77. The van der Waals surface area contributed by atoms with Gasteiger partial charge in [0.25, 0.3) is 0 Å². The van der Waals surface area contributed by atoms with Crippen molar-refractivity contribution in [2.45, 2.75) is 45.8 Å². The number of aliphatic imine (C=N–C) groups is 1. The third-order valence-electron chi connectivity index (χ3n) is 3.77. The van der Waals surface area contributed by atoms with Crippen molar-refractivity contribution in [2.24, 2.45) is 10.4 Å². The first-order valence-corrected chi connectivity index (χ1v) is 7.16. The van der Waals surface area contributed by atoms with E-state index in [2.05, 4.69) is 29.5 Å². The number of guanidine groups is 1. The molecule has 1 saturated carbocycles. The van der Waals surface area contributed by atoms with Crippen LogP contribution in [0.4, 0.5) is 0 Å². The van der Waals surface area contributed by atoms with E-state index < -0.39 is 5.60 Å². The van der Waals surface area contributed by atoms with Gasteiger partial charge in [0.05, 0.1) is 12.8 Å². The zero-order valence-electron chi connectivity index (χ0n) is 12.7. The van der Waals surface area contributed by atoms with Gasteiger partial charge < -0.3 is 20.2 Å². The Kier molecular flexibility index (Phi) is 4.09. The molecule has 0 radical (unpaired) electrons. The Morgan fingerprint density at radius 1 is 1.60 bits per heavy atom. The maximum atomic E-state index is 10.4. The van der Waals surface area contributed by atoms with Crippen LogP contribution in [0.5, 0.6) is 0 Å². The van der Waals surface area contributed by atoms with Crippen molar-refractivity contribution >= 4 is 5.96 Å². The fourth-order valence-corrected chi connectivity index (χ4v) is 2.09. The van der Waals surface area contributed by atoms with Crippen LogP contribution in [0.25, 0.3) is 0 Å². The van der Waals surface area contributed by atoms with Crippen molar-refractivity contribution in [1.82, 2.24) is 10.6 Å². The molecule has 20 heavy (non-hydrogen) atoms. The molecule has 2 unspecified atom stereocenters. The number of rotatable bonds is 5. The molecule has 1 aromatic heterocycles. The van der Waals surface area contributed by atoms with Crippen molar-refractivity contribution < 1.29 is 9.52 Å². The van der Waals surface area contributed by atoms with Crippen molar-refractivity contribution in [3.63, 3.8) is 0 Å². The molecule has 0 saturated heterocycles. The van der Waals surface area contributed by atoms with E-state index in [4.69, 9.17) is 4.42 Å². The SMILES string of the molecule is CCNC(=NCC(C)(O)c1ccco1)NC1CC1(C)C. The molecule has 0 amide bonds. The lowest BCUT2D eigenvalue weighted by Gasteiger charge is -2.20. The first-order chi connectivity index (χ1) is 9.35. The lowest BCUT2D eigenvalue weighted by Crippen LogP contribution is -2.41. The molecule has 112 valence electrons. The van der Waals surface area contributed by atoms with Crippen molar-refractivity contribution in [2.75, 3.05) is 13.1 Å². The van der Waals surface area contributed by atoms with Crippen LogP contribution in [0.2, 0.25) is 0 Å². The molecule has 1 aromatic rings. The number of nitrogens with one attached hydrogen (secondary N) is 2. The number of nitrogens with zero attached hydrogens (tertiary/aromatic N) is 1. The van der Waals surface area contributed by atoms with Crippen LogP contribution in [0, 0.1) is 5.41 Å². The second-order valence-corrected chi connectivity index (χ2v) is 6.34. The van der Waals surface area contributed by atoms with E-state index in [1.165, 1.54) is 0 Å². The maximum Gasteiger partial charge on any atom is 0.191 e. The molecule has 3 N–H and O–H groups in total. The van der Waals surface area contributed by atoms with Gasteiger partial charge in [-0.1, -0.05) is 13.8 Å². The highest BCUT2D eigenvalue weighted by atomic mass is 16.4. The van der Waals surface area contributed by atoms with Crippen molar-refractivity contribution in [3.8, 4) is 0 Å². The average Bonchev–Trinajstić information content (AvgIpc) is 2.84. The van der Waals surface area contributed by atoms with Gasteiger partial charge in [-0.15, -0.1) is 0 Å². The van der Waals surface area contributed by atoms with E-state index in [0.29, 0.717) is 17.2 Å². The van der Waals surface area contributed by atoms with E-state index in [9.17, 15) is 5.11 Å². The summed E-state index contributed by atoms with van der Waals surface area (Å²) in [5.74, 6) is 1.28. The highest BCUT2D eigenvalue weighted by Gasteiger charge is 2.46. The quantitative estimate of drug-likeness (QED) is 0.568. The van der Waals surface area contributed by atoms with Crippen LogP contribution >= 0.6 is 0 Å². The van der Waals surface area contributed by atoms with E-state index in [1.807, 2.05) is 6.92 Å². The summed E-state index contributed by atoms with van der Waals surface area (Å²) in [6, 6.07) is 3.98. The fraction of sp³-hybridized carbons (Fsp3) is 0.667. The first kappa shape index (κ1) is 14.9. The predicted octanol–water partition coefficient (Wildman–Crippen LogP) is 1.84. The highest BCUT2D eigenvalue weighted by Crippen LogP contribution is 2.44. The normalized spacial score (nSPS) is 24.1. The molecule has 0 bridgehead atoms. The van der Waals surface area contributed by atoms with Gasteiger partial charge >= 0.3 is 0 Å². The molecule has 5 nitrogen and oxygen atoms in total. The van der Waals surface area contributed by atoms with E-state index >= 15 is 0 Å². The molecular weight excluding hydrogens is 254 g/mol. The first-order valence-electron chi connectivity index (χ1n) is 7.16. The lowest BCUT2D eigenvalue weighted by atomic mass is 10.0. The molecule has 2 atom stereocenters. The summed E-state index contributed by atoms with van der Waals surface area (Å²) >= 11 is 0. The molecule has 2 rings (SSSR count). The van der Waals surface area contributed by atoms with Crippen LogP contribution < -0.4 is 10.6 Å². The van der Waals surface area contributed by atoms with Crippen LogP contribution in [0.3, 0.4) is 0 Å².